The van der Waals surface area contributed by atoms with Crippen LogP contribution >= 0.6 is 47.8 Å². The van der Waals surface area contributed by atoms with E-state index in [9.17, 15) is 14.7 Å². The van der Waals surface area contributed by atoms with Crippen molar-refractivity contribution in [1.82, 2.24) is 0 Å². The number of Topliss-reactive ketones (excluding diaryl/α,β-unsaturated/α-hetero) is 1. The maximum absolute atomic E-state index is 13.3. The molecular weight excluding hydrogens is 592 g/mol. The molecule has 3 aromatic carbocycles. The number of esters is 1. The van der Waals surface area contributed by atoms with Gasteiger partial charge in [-0.1, -0.05) is 50.1 Å². The Hall–Kier alpha value is -2.48. The molecule has 0 saturated carbocycles. The van der Waals surface area contributed by atoms with Gasteiger partial charge in [0.15, 0.2) is 0 Å². The molecule has 1 aliphatic rings. The molecule has 4 nitrogen and oxygen atoms in total. The number of allylic oxidation sites excluding steroid dienone is 1. The van der Waals surface area contributed by atoms with Gasteiger partial charge in [-0.05, 0) is 81.7 Å². The zero-order chi connectivity index (χ0) is 22.1. The fourth-order valence-electron chi connectivity index (χ4n) is 3.14. The number of halogens is 3. The molecule has 0 aliphatic carbocycles. The summed E-state index contributed by atoms with van der Waals surface area (Å²) >= 11 is 10.0. The fourth-order valence-corrected chi connectivity index (χ4v) is 4.05. The van der Waals surface area contributed by atoms with Gasteiger partial charge >= 0.3 is 5.97 Å². The Morgan fingerprint density at radius 1 is 0.871 bits per heavy atom. The van der Waals surface area contributed by atoms with E-state index in [1.807, 2.05) is 24.3 Å². The highest BCUT2D eigenvalue weighted by atomic mass is 79.9. The minimum absolute atomic E-state index is 0.0498. The van der Waals surface area contributed by atoms with Gasteiger partial charge in [-0.25, -0.2) is 4.79 Å². The van der Waals surface area contributed by atoms with E-state index in [2.05, 4.69) is 47.8 Å². The third-order valence-corrected chi connectivity index (χ3v) is 6.33. The number of hydrogen-bond acceptors (Lipinski definition) is 4. The number of hydrogen-bond donors (Lipinski definition) is 1. The van der Waals surface area contributed by atoms with Gasteiger partial charge in [0.2, 0.25) is 5.78 Å². The number of benzene rings is 3. The number of phenolic OH excluding ortho intramolecular Hbond substituents is 1. The lowest BCUT2D eigenvalue weighted by molar-refractivity contribution is -0.132. The Morgan fingerprint density at radius 3 is 2.10 bits per heavy atom. The number of cyclic esters (lactones) is 1. The van der Waals surface area contributed by atoms with Crippen molar-refractivity contribution in [1.29, 1.82) is 0 Å². The van der Waals surface area contributed by atoms with Crippen molar-refractivity contribution in [3.8, 4) is 5.75 Å². The second-order valence-corrected chi connectivity index (χ2v) is 9.39. The number of phenols is 1. The Labute approximate surface area is 203 Å². The summed E-state index contributed by atoms with van der Waals surface area (Å²) < 4.78 is 7.72. The number of carbonyl (C=O) groups excluding carboxylic acids is 2. The lowest BCUT2D eigenvalue weighted by Crippen LogP contribution is -2.11. The van der Waals surface area contributed by atoms with Gasteiger partial charge in [0.25, 0.3) is 0 Å². The van der Waals surface area contributed by atoms with E-state index in [4.69, 9.17) is 4.74 Å². The fraction of sp³-hybridized carbons (Fsp3) is 0. The molecule has 0 aromatic heterocycles. The van der Waals surface area contributed by atoms with Gasteiger partial charge < -0.3 is 9.84 Å². The molecule has 0 atom stereocenters. The van der Waals surface area contributed by atoms with Crippen LogP contribution in [0.2, 0.25) is 0 Å². The molecule has 0 fully saturated rings. The van der Waals surface area contributed by atoms with Crippen molar-refractivity contribution in [3.63, 3.8) is 0 Å². The molecular formula is C24H13Br3O4. The normalized spacial score (nSPS) is 14.8. The molecule has 0 bridgehead atoms. The van der Waals surface area contributed by atoms with E-state index in [-0.39, 0.29) is 17.1 Å². The average molecular weight is 605 g/mol. The smallest absolute Gasteiger partial charge is 0.348 e. The Kier molecular flexibility index (Phi) is 6.27. The van der Waals surface area contributed by atoms with Gasteiger partial charge in [-0.3, -0.25) is 4.79 Å². The monoisotopic (exact) mass is 602 g/mol. The standard InChI is InChI=1S/C24H13Br3O4/c25-16-6-1-13(2-7-16)11-20-21(15-5-10-19(28)18(27)12-15)22(24(30)31-20)23(29)14-3-8-17(26)9-4-14/h1-12,28H/b20-11-. The van der Waals surface area contributed by atoms with Crippen molar-refractivity contribution >= 4 is 71.2 Å². The third-order valence-electron chi connectivity index (χ3n) is 4.64. The highest BCUT2D eigenvalue weighted by Crippen LogP contribution is 2.39. The van der Waals surface area contributed by atoms with Crippen LogP contribution in [0.15, 0.2) is 91.5 Å². The molecule has 4 rings (SSSR count). The highest BCUT2D eigenvalue weighted by Gasteiger charge is 2.36. The Balaban J connectivity index is 1.91. The lowest BCUT2D eigenvalue weighted by atomic mass is 9.93. The zero-order valence-electron chi connectivity index (χ0n) is 15.7. The first-order valence-electron chi connectivity index (χ1n) is 9.07. The summed E-state index contributed by atoms with van der Waals surface area (Å²) in [5.74, 6) is -0.828. The molecule has 1 N–H and O–H groups in total. The van der Waals surface area contributed by atoms with Crippen LogP contribution in [0, 0.1) is 0 Å². The predicted octanol–water partition coefficient (Wildman–Crippen LogP) is 6.91. The average Bonchev–Trinajstić information content (AvgIpc) is 3.07. The van der Waals surface area contributed by atoms with Crippen molar-refractivity contribution < 1.29 is 19.4 Å². The second kappa shape index (κ2) is 8.94. The summed E-state index contributed by atoms with van der Waals surface area (Å²) in [6.45, 7) is 0. The summed E-state index contributed by atoms with van der Waals surface area (Å²) in [5, 5.41) is 9.89. The maximum Gasteiger partial charge on any atom is 0.348 e. The van der Waals surface area contributed by atoms with Gasteiger partial charge in [0, 0.05) is 20.1 Å². The van der Waals surface area contributed by atoms with E-state index in [0.29, 0.717) is 21.2 Å². The molecule has 0 unspecified atom stereocenters. The molecule has 1 heterocycles. The first kappa shape index (κ1) is 21.7. The van der Waals surface area contributed by atoms with Gasteiger partial charge in [-0.2, -0.15) is 0 Å². The first-order valence-corrected chi connectivity index (χ1v) is 11.4. The minimum Gasteiger partial charge on any atom is -0.507 e. The minimum atomic E-state index is -0.713. The van der Waals surface area contributed by atoms with Gasteiger partial charge in [-0.15, -0.1) is 0 Å². The molecule has 7 heteroatoms. The summed E-state index contributed by atoms with van der Waals surface area (Å²) in [6.07, 6.45) is 1.71. The number of carbonyl (C=O) groups is 2. The Morgan fingerprint density at radius 2 is 1.48 bits per heavy atom. The number of rotatable bonds is 4. The van der Waals surface area contributed by atoms with E-state index in [0.717, 1.165) is 14.5 Å². The number of ether oxygens (including phenoxy) is 1. The van der Waals surface area contributed by atoms with Crippen molar-refractivity contribution in [2.45, 2.75) is 0 Å². The summed E-state index contributed by atoms with van der Waals surface area (Å²) in [6, 6.07) is 19.0. The van der Waals surface area contributed by atoms with Gasteiger partial charge in [0.1, 0.15) is 17.1 Å². The van der Waals surface area contributed by atoms with Gasteiger partial charge in [0.05, 0.1) is 4.47 Å². The van der Waals surface area contributed by atoms with Crippen LogP contribution in [0.4, 0.5) is 0 Å². The quantitative estimate of drug-likeness (QED) is 0.200. The summed E-state index contributed by atoms with van der Waals surface area (Å²) in [4.78, 5) is 26.1. The second-order valence-electron chi connectivity index (χ2n) is 6.70. The number of ketones is 1. The molecule has 0 spiro atoms. The van der Waals surface area contributed by atoms with Crippen LogP contribution in [-0.4, -0.2) is 16.9 Å². The van der Waals surface area contributed by atoms with Crippen LogP contribution in [0.25, 0.3) is 11.6 Å². The van der Waals surface area contributed by atoms with E-state index < -0.39 is 11.8 Å². The molecule has 0 amide bonds. The highest BCUT2D eigenvalue weighted by molar-refractivity contribution is 9.11. The van der Waals surface area contributed by atoms with Crippen LogP contribution in [0.5, 0.6) is 5.75 Å². The topological polar surface area (TPSA) is 63.6 Å². The third kappa shape index (κ3) is 4.59. The Bertz CT molecular complexity index is 1260. The van der Waals surface area contributed by atoms with E-state index in [1.165, 1.54) is 6.07 Å². The van der Waals surface area contributed by atoms with Crippen LogP contribution < -0.4 is 0 Å². The SMILES string of the molecule is O=C1O/C(=C\c2ccc(Br)cc2)C(c2ccc(O)c(Br)c2)=C1C(=O)c1ccc(Br)cc1. The molecule has 0 saturated heterocycles. The summed E-state index contributed by atoms with van der Waals surface area (Å²) in [5.41, 5.74) is 2.07. The van der Waals surface area contributed by atoms with E-state index in [1.54, 1.807) is 42.5 Å². The molecule has 154 valence electrons. The van der Waals surface area contributed by atoms with E-state index >= 15 is 0 Å². The summed E-state index contributed by atoms with van der Waals surface area (Å²) in [7, 11) is 0. The van der Waals surface area contributed by atoms with Crippen molar-refractivity contribution in [2.75, 3.05) is 0 Å². The molecule has 3 aromatic rings. The van der Waals surface area contributed by atoms with Crippen molar-refractivity contribution in [2.24, 2.45) is 0 Å². The van der Waals surface area contributed by atoms with Crippen molar-refractivity contribution in [3.05, 3.63) is 108 Å². The molecule has 0 radical (unpaired) electrons. The molecule has 31 heavy (non-hydrogen) atoms. The molecule has 1 aliphatic heterocycles. The number of aromatic hydroxyl groups is 1. The van der Waals surface area contributed by atoms with Crippen LogP contribution in [0.3, 0.4) is 0 Å². The maximum atomic E-state index is 13.3. The first-order chi connectivity index (χ1) is 14.8. The van der Waals surface area contributed by atoms with Crippen LogP contribution in [-0.2, 0) is 9.53 Å². The van der Waals surface area contributed by atoms with Crippen LogP contribution in [0.1, 0.15) is 21.5 Å². The predicted molar refractivity (Wildman–Crippen MR) is 129 cm³/mol. The zero-order valence-corrected chi connectivity index (χ0v) is 20.5. The largest absolute Gasteiger partial charge is 0.507 e. The lowest BCUT2D eigenvalue weighted by Gasteiger charge is -2.08.